The van der Waals surface area contributed by atoms with Crippen LogP contribution in [0.15, 0.2) is 0 Å². The van der Waals surface area contributed by atoms with Crippen molar-refractivity contribution >= 4 is 11.9 Å². The third-order valence-electron chi connectivity index (χ3n) is 6.74. The van der Waals surface area contributed by atoms with Crippen LogP contribution in [0.3, 0.4) is 0 Å². The average molecular weight is 547 g/mol. The van der Waals surface area contributed by atoms with Crippen LogP contribution in [0.1, 0.15) is 155 Å². The molecule has 0 spiro atoms. The molecule has 10 nitrogen and oxygen atoms in total. The lowest BCUT2D eigenvalue weighted by atomic mass is 10.0. The van der Waals surface area contributed by atoms with Crippen LogP contribution in [-0.4, -0.2) is 44.1 Å². The number of carboxylic acid groups (broad SMARTS) is 2. The minimum absolute atomic E-state index is 0.152. The summed E-state index contributed by atoms with van der Waals surface area (Å²) in [7, 11) is 0. The van der Waals surface area contributed by atoms with Crippen molar-refractivity contribution in [2.24, 2.45) is 0 Å². The van der Waals surface area contributed by atoms with Gasteiger partial charge in [-0.1, -0.05) is 129 Å². The van der Waals surface area contributed by atoms with Gasteiger partial charge in [0.1, 0.15) is 0 Å². The monoisotopic (exact) mass is 546 g/mol. The largest absolute Gasteiger partial charge is 0.476 e. The lowest BCUT2D eigenvalue weighted by molar-refractivity contribution is -0.511. The highest BCUT2D eigenvalue weighted by atomic mass is 16.6. The molecule has 0 aromatic heterocycles. The summed E-state index contributed by atoms with van der Waals surface area (Å²) in [6.45, 7) is 4.41. The first-order valence-electron chi connectivity index (χ1n) is 14.9. The van der Waals surface area contributed by atoms with E-state index in [1.54, 1.807) is 0 Å². The van der Waals surface area contributed by atoms with Crippen molar-refractivity contribution in [3.63, 3.8) is 0 Å². The minimum atomic E-state index is -1.42. The highest BCUT2D eigenvalue weighted by Crippen LogP contribution is 2.14. The molecular weight excluding hydrogens is 492 g/mol. The lowest BCUT2D eigenvalue weighted by Gasteiger charge is -2.04. The summed E-state index contributed by atoms with van der Waals surface area (Å²) in [6, 6.07) is -2.84. The van der Waals surface area contributed by atoms with E-state index in [0.29, 0.717) is 12.8 Å². The minimum Gasteiger partial charge on any atom is -0.476 e. The molecule has 2 unspecified atom stereocenters. The van der Waals surface area contributed by atoms with Gasteiger partial charge in [-0.3, -0.25) is 20.2 Å². The molecule has 0 radical (unpaired) electrons. The normalized spacial score (nSPS) is 12.3. The van der Waals surface area contributed by atoms with Gasteiger partial charge in [-0.15, -0.1) is 0 Å². The predicted molar refractivity (Wildman–Crippen MR) is 150 cm³/mol. The first-order chi connectivity index (χ1) is 18.2. The van der Waals surface area contributed by atoms with Crippen LogP contribution in [0.2, 0.25) is 0 Å². The Hall–Kier alpha value is -2.26. The summed E-state index contributed by atoms with van der Waals surface area (Å²) in [5, 5.41) is 38.2. The van der Waals surface area contributed by atoms with Crippen molar-refractivity contribution in [2.45, 2.75) is 167 Å². The second-order valence-electron chi connectivity index (χ2n) is 10.2. The molecule has 0 aliphatic rings. The molecule has 0 bridgehead atoms. The van der Waals surface area contributed by atoms with Crippen molar-refractivity contribution < 1.29 is 29.6 Å². The molecular formula is C28H54N2O8. The van der Waals surface area contributed by atoms with E-state index in [2.05, 4.69) is 13.8 Å². The van der Waals surface area contributed by atoms with Gasteiger partial charge in [-0.05, 0) is 12.8 Å². The fourth-order valence-corrected chi connectivity index (χ4v) is 4.29. The standard InChI is InChI=1S/2C14H27NO4/c2*1-2-3-4-5-6-7-8-9-10-11-12-13(14(16)17)15(18)19/h2*13H,2-12H2,1H3,(H,16,17). The number of carboxylic acids is 2. The lowest BCUT2D eigenvalue weighted by Crippen LogP contribution is -2.28. The molecule has 0 aromatic rings. The van der Waals surface area contributed by atoms with Crippen LogP contribution >= 0.6 is 0 Å². The molecule has 0 saturated carbocycles. The number of carbonyl (C=O) groups is 2. The zero-order chi connectivity index (χ0) is 29.0. The van der Waals surface area contributed by atoms with E-state index in [4.69, 9.17) is 10.2 Å². The fraction of sp³-hybridized carbons (Fsp3) is 0.929. The molecule has 2 N–H and O–H groups in total. The topological polar surface area (TPSA) is 161 Å². The van der Waals surface area contributed by atoms with Crippen molar-refractivity contribution in [2.75, 3.05) is 0 Å². The maximum absolute atomic E-state index is 10.6. The highest BCUT2D eigenvalue weighted by molar-refractivity contribution is 5.72. The van der Waals surface area contributed by atoms with Crippen LogP contribution in [-0.2, 0) is 9.59 Å². The van der Waals surface area contributed by atoms with Gasteiger partial charge in [-0.2, -0.15) is 0 Å². The van der Waals surface area contributed by atoms with Gasteiger partial charge in [0, 0.05) is 22.7 Å². The van der Waals surface area contributed by atoms with Gasteiger partial charge in [0.15, 0.2) is 0 Å². The van der Waals surface area contributed by atoms with E-state index in [1.807, 2.05) is 0 Å². The zero-order valence-electron chi connectivity index (χ0n) is 23.9. The number of rotatable bonds is 26. The van der Waals surface area contributed by atoms with E-state index in [9.17, 15) is 29.8 Å². The van der Waals surface area contributed by atoms with Crippen molar-refractivity contribution in [3.05, 3.63) is 20.2 Å². The maximum atomic E-state index is 10.6. The molecule has 2 atom stereocenters. The maximum Gasteiger partial charge on any atom is 0.379 e. The first kappa shape index (κ1) is 37.9. The Labute approximate surface area is 229 Å². The van der Waals surface area contributed by atoms with E-state index in [-0.39, 0.29) is 12.8 Å². The molecule has 0 heterocycles. The number of hydrogen-bond donors (Lipinski definition) is 2. The third kappa shape index (κ3) is 25.4. The Morgan fingerprint density at radius 2 is 0.711 bits per heavy atom. The summed E-state index contributed by atoms with van der Waals surface area (Å²) in [4.78, 5) is 40.7. The summed E-state index contributed by atoms with van der Waals surface area (Å²) < 4.78 is 0. The van der Waals surface area contributed by atoms with Gasteiger partial charge in [0.25, 0.3) is 0 Å². The quantitative estimate of drug-likeness (QED) is 0.0625. The van der Waals surface area contributed by atoms with Gasteiger partial charge >= 0.3 is 24.0 Å². The predicted octanol–water partition coefficient (Wildman–Crippen LogP) is 8.05. The number of nitro groups is 2. The Morgan fingerprint density at radius 3 is 0.895 bits per heavy atom. The van der Waals surface area contributed by atoms with Crippen molar-refractivity contribution in [1.29, 1.82) is 0 Å². The van der Waals surface area contributed by atoms with Gasteiger partial charge < -0.3 is 10.2 Å². The van der Waals surface area contributed by atoms with Crippen molar-refractivity contribution in [3.8, 4) is 0 Å². The molecule has 0 aliphatic carbocycles. The van der Waals surface area contributed by atoms with E-state index < -0.39 is 33.9 Å². The van der Waals surface area contributed by atoms with Gasteiger partial charge in [0.2, 0.25) is 0 Å². The van der Waals surface area contributed by atoms with E-state index in [0.717, 1.165) is 38.5 Å². The third-order valence-corrected chi connectivity index (χ3v) is 6.74. The number of hydrogen-bond acceptors (Lipinski definition) is 6. The Bertz CT molecular complexity index is 536. The number of nitrogens with zero attached hydrogens (tertiary/aromatic N) is 2. The molecule has 0 rings (SSSR count). The number of unbranched alkanes of at least 4 members (excludes halogenated alkanes) is 18. The SMILES string of the molecule is CCCCCCCCCCCCC(C(=O)O)[N+](=O)[O-].CCCCCCCCCCCCC(C(=O)O)[N+](=O)[O-]. The molecule has 0 fully saturated rings. The summed E-state index contributed by atoms with van der Waals surface area (Å²) in [5.41, 5.74) is 0. The summed E-state index contributed by atoms with van der Waals surface area (Å²) >= 11 is 0. The Kier molecular flexibility index (Phi) is 27.7. The smallest absolute Gasteiger partial charge is 0.379 e. The van der Waals surface area contributed by atoms with Crippen LogP contribution in [0, 0.1) is 20.2 Å². The Balaban J connectivity index is 0. The van der Waals surface area contributed by atoms with Crippen LogP contribution in [0.4, 0.5) is 0 Å². The first-order valence-corrected chi connectivity index (χ1v) is 14.9. The van der Waals surface area contributed by atoms with Gasteiger partial charge in [0.05, 0.1) is 0 Å². The highest BCUT2D eigenvalue weighted by Gasteiger charge is 2.28. The number of aliphatic carboxylic acids is 2. The Morgan fingerprint density at radius 1 is 0.500 bits per heavy atom. The second-order valence-corrected chi connectivity index (χ2v) is 10.2. The summed E-state index contributed by atoms with van der Waals surface area (Å²) in [6.07, 6.45) is 23.2. The molecule has 0 saturated heterocycles. The van der Waals surface area contributed by atoms with E-state index in [1.165, 1.54) is 77.0 Å². The summed E-state index contributed by atoms with van der Waals surface area (Å²) in [5.74, 6) is -2.64. The fourth-order valence-electron chi connectivity index (χ4n) is 4.29. The molecule has 10 heteroatoms. The van der Waals surface area contributed by atoms with E-state index >= 15 is 0 Å². The van der Waals surface area contributed by atoms with Gasteiger partial charge in [-0.25, -0.2) is 9.59 Å². The molecule has 0 amide bonds. The molecule has 38 heavy (non-hydrogen) atoms. The van der Waals surface area contributed by atoms with Crippen LogP contribution in [0.5, 0.6) is 0 Å². The van der Waals surface area contributed by atoms with Crippen molar-refractivity contribution in [1.82, 2.24) is 0 Å². The van der Waals surface area contributed by atoms with Crippen LogP contribution < -0.4 is 0 Å². The zero-order valence-corrected chi connectivity index (χ0v) is 23.9. The average Bonchev–Trinajstić information content (AvgIpc) is 2.85. The second kappa shape index (κ2) is 27.8. The van der Waals surface area contributed by atoms with Crippen LogP contribution in [0.25, 0.3) is 0 Å². The molecule has 0 aromatic carbocycles. The molecule has 0 aliphatic heterocycles. The molecule has 224 valence electrons.